The summed E-state index contributed by atoms with van der Waals surface area (Å²) in [7, 11) is 0. The molecule has 3 rings (SSSR count). The van der Waals surface area contributed by atoms with Gasteiger partial charge in [-0.15, -0.1) is 0 Å². The minimum absolute atomic E-state index is 0.699. The van der Waals surface area contributed by atoms with Crippen molar-refractivity contribution in [1.82, 2.24) is 10.6 Å². The van der Waals surface area contributed by atoms with Gasteiger partial charge in [0.25, 0.3) is 0 Å². The average molecular weight is 244 g/mol. The Morgan fingerprint density at radius 3 is 2.89 bits per heavy atom. The number of benzene rings is 1. The Balaban J connectivity index is 1.43. The first-order valence-electron chi connectivity index (χ1n) is 7.45. The zero-order chi connectivity index (χ0) is 12.2. The quantitative estimate of drug-likeness (QED) is 0.851. The van der Waals surface area contributed by atoms with E-state index in [0.29, 0.717) is 6.04 Å². The molecule has 2 nitrogen and oxygen atoms in total. The summed E-state index contributed by atoms with van der Waals surface area (Å²) < 4.78 is 0. The molecule has 1 aliphatic heterocycles. The van der Waals surface area contributed by atoms with Gasteiger partial charge in [-0.3, -0.25) is 0 Å². The lowest BCUT2D eigenvalue weighted by molar-refractivity contribution is 0.467. The molecule has 3 atom stereocenters. The standard InChI is InChI=1S/C16H24N2/c1-3-7-13(8-4-1)15-11-16(15)18-12-14-9-5-2-6-10-17-14/h1,3-4,7-8,14-18H,2,5-6,9-12H2. The highest BCUT2D eigenvalue weighted by Crippen LogP contribution is 2.40. The topological polar surface area (TPSA) is 24.1 Å². The fourth-order valence-electron chi connectivity index (χ4n) is 3.06. The Labute approximate surface area is 110 Å². The molecule has 0 bridgehead atoms. The van der Waals surface area contributed by atoms with Crippen LogP contribution in [-0.2, 0) is 0 Å². The van der Waals surface area contributed by atoms with Crippen molar-refractivity contribution in [1.29, 1.82) is 0 Å². The Hall–Kier alpha value is -0.860. The Kier molecular flexibility index (Phi) is 3.96. The maximum atomic E-state index is 3.74. The molecule has 1 aromatic carbocycles. The van der Waals surface area contributed by atoms with Crippen molar-refractivity contribution in [3.05, 3.63) is 35.9 Å². The molecule has 2 N–H and O–H groups in total. The van der Waals surface area contributed by atoms with Crippen LogP contribution in [0.5, 0.6) is 0 Å². The molecule has 2 heteroatoms. The molecule has 1 aliphatic carbocycles. The summed E-state index contributed by atoms with van der Waals surface area (Å²) in [6.45, 7) is 2.35. The maximum Gasteiger partial charge on any atom is 0.0192 e. The molecule has 1 saturated heterocycles. The number of nitrogens with one attached hydrogen (secondary N) is 2. The van der Waals surface area contributed by atoms with Gasteiger partial charge < -0.3 is 10.6 Å². The van der Waals surface area contributed by atoms with Crippen LogP contribution in [0.3, 0.4) is 0 Å². The van der Waals surface area contributed by atoms with E-state index in [1.54, 1.807) is 0 Å². The highest BCUT2D eigenvalue weighted by Gasteiger charge is 2.37. The summed E-state index contributed by atoms with van der Waals surface area (Å²) in [5, 5.41) is 7.40. The molecule has 2 aliphatic rings. The van der Waals surface area contributed by atoms with Gasteiger partial charge in [-0.2, -0.15) is 0 Å². The summed E-state index contributed by atoms with van der Waals surface area (Å²) in [5.74, 6) is 0.761. The molecular formula is C16H24N2. The zero-order valence-corrected chi connectivity index (χ0v) is 11.1. The van der Waals surface area contributed by atoms with Gasteiger partial charge in [0.15, 0.2) is 0 Å². The third kappa shape index (κ3) is 3.12. The van der Waals surface area contributed by atoms with Crippen LogP contribution in [0.25, 0.3) is 0 Å². The van der Waals surface area contributed by atoms with Crippen molar-refractivity contribution in [2.24, 2.45) is 0 Å². The van der Waals surface area contributed by atoms with Crippen molar-refractivity contribution in [3.63, 3.8) is 0 Å². The van der Waals surface area contributed by atoms with E-state index < -0.39 is 0 Å². The molecule has 18 heavy (non-hydrogen) atoms. The SMILES string of the molecule is c1ccc(C2CC2NCC2CCCCCN2)cc1. The van der Waals surface area contributed by atoms with Crippen LogP contribution in [0.15, 0.2) is 30.3 Å². The van der Waals surface area contributed by atoms with Gasteiger partial charge in [-0.05, 0) is 31.4 Å². The van der Waals surface area contributed by atoms with Gasteiger partial charge in [0.05, 0.1) is 0 Å². The van der Waals surface area contributed by atoms with Crippen molar-refractivity contribution < 1.29 is 0 Å². The van der Waals surface area contributed by atoms with Gasteiger partial charge >= 0.3 is 0 Å². The fourth-order valence-corrected chi connectivity index (χ4v) is 3.06. The summed E-state index contributed by atoms with van der Waals surface area (Å²) >= 11 is 0. The van der Waals surface area contributed by atoms with E-state index in [4.69, 9.17) is 0 Å². The molecule has 0 spiro atoms. The van der Waals surface area contributed by atoms with E-state index >= 15 is 0 Å². The number of rotatable bonds is 4. The van der Waals surface area contributed by atoms with E-state index in [-0.39, 0.29) is 0 Å². The summed E-state index contributed by atoms with van der Waals surface area (Å²) in [5.41, 5.74) is 1.50. The first kappa shape index (κ1) is 12.2. The minimum atomic E-state index is 0.699. The molecule has 3 unspecified atom stereocenters. The largest absolute Gasteiger partial charge is 0.313 e. The third-order valence-electron chi connectivity index (χ3n) is 4.31. The zero-order valence-electron chi connectivity index (χ0n) is 11.1. The molecule has 1 saturated carbocycles. The smallest absolute Gasteiger partial charge is 0.0192 e. The van der Waals surface area contributed by atoms with Crippen molar-refractivity contribution in [2.75, 3.05) is 13.1 Å². The summed E-state index contributed by atoms with van der Waals surface area (Å²) in [6, 6.07) is 12.3. The van der Waals surface area contributed by atoms with E-state index in [9.17, 15) is 0 Å². The molecule has 2 fully saturated rings. The molecule has 0 aromatic heterocycles. The maximum absolute atomic E-state index is 3.74. The predicted octanol–water partition coefficient (Wildman–Crippen LogP) is 2.66. The van der Waals surface area contributed by atoms with E-state index in [0.717, 1.165) is 18.5 Å². The highest BCUT2D eigenvalue weighted by atomic mass is 15.0. The fraction of sp³-hybridized carbons (Fsp3) is 0.625. The Morgan fingerprint density at radius 2 is 2.00 bits per heavy atom. The van der Waals surface area contributed by atoms with Crippen LogP contribution in [0, 0.1) is 0 Å². The van der Waals surface area contributed by atoms with Crippen LogP contribution >= 0.6 is 0 Å². The average Bonchev–Trinajstić information content (AvgIpc) is 3.22. The van der Waals surface area contributed by atoms with E-state index in [2.05, 4.69) is 41.0 Å². The summed E-state index contributed by atoms with van der Waals surface area (Å²) in [4.78, 5) is 0. The lowest BCUT2D eigenvalue weighted by atomic mass is 10.1. The van der Waals surface area contributed by atoms with Crippen LogP contribution < -0.4 is 10.6 Å². The van der Waals surface area contributed by atoms with Gasteiger partial charge in [0.2, 0.25) is 0 Å². The van der Waals surface area contributed by atoms with Crippen molar-refractivity contribution >= 4 is 0 Å². The van der Waals surface area contributed by atoms with E-state index in [1.165, 1.54) is 44.2 Å². The first-order valence-corrected chi connectivity index (χ1v) is 7.45. The highest BCUT2D eigenvalue weighted by molar-refractivity contribution is 5.27. The van der Waals surface area contributed by atoms with Gasteiger partial charge in [0, 0.05) is 24.5 Å². The third-order valence-corrected chi connectivity index (χ3v) is 4.31. The number of hydrogen-bond acceptors (Lipinski definition) is 2. The van der Waals surface area contributed by atoms with Crippen LogP contribution in [0.2, 0.25) is 0 Å². The molecule has 1 aromatic rings. The van der Waals surface area contributed by atoms with Crippen LogP contribution in [0.4, 0.5) is 0 Å². The monoisotopic (exact) mass is 244 g/mol. The van der Waals surface area contributed by atoms with Crippen LogP contribution in [-0.4, -0.2) is 25.2 Å². The number of hydrogen-bond donors (Lipinski definition) is 2. The Morgan fingerprint density at radius 1 is 1.11 bits per heavy atom. The normalized spacial score (nSPS) is 31.9. The second-order valence-electron chi connectivity index (χ2n) is 5.77. The lowest BCUT2D eigenvalue weighted by Crippen LogP contribution is -2.39. The Bertz CT molecular complexity index is 355. The first-order chi connectivity index (χ1) is 8.93. The van der Waals surface area contributed by atoms with Gasteiger partial charge in [-0.1, -0.05) is 43.2 Å². The molecular weight excluding hydrogens is 220 g/mol. The molecule has 98 valence electrons. The molecule has 0 amide bonds. The molecule has 0 radical (unpaired) electrons. The lowest BCUT2D eigenvalue weighted by Gasteiger charge is -2.16. The second-order valence-corrected chi connectivity index (χ2v) is 5.77. The molecule has 1 heterocycles. The van der Waals surface area contributed by atoms with Gasteiger partial charge in [0.1, 0.15) is 0 Å². The van der Waals surface area contributed by atoms with Crippen LogP contribution in [0.1, 0.15) is 43.6 Å². The minimum Gasteiger partial charge on any atom is -0.313 e. The van der Waals surface area contributed by atoms with E-state index in [1.807, 2.05) is 0 Å². The predicted molar refractivity (Wildman–Crippen MR) is 75.8 cm³/mol. The van der Waals surface area contributed by atoms with Gasteiger partial charge in [-0.25, -0.2) is 0 Å². The van der Waals surface area contributed by atoms with Crippen molar-refractivity contribution in [3.8, 4) is 0 Å². The summed E-state index contributed by atoms with van der Waals surface area (Å²) in [6.07, 6.45) is 6.81. The second kappa shape index (κ2) is 5.85. The van der Waals surface area contributed by atoms with Crippen molar-refractivity contribution in [2.45, 2.75) is 50.1 Å².